The van der Waals surface area contributed by atoms with Crippen LogP contribution in [0.5, 0.6) is 0 Å². The molecule has 0 saturated carbocycles. The molecule has 0 aromatic heterocycles. The van der Waals surface area contributed by atoms with Crippen LogP contribution in [-0.4, -0.2) is 33.2 Å². The molecule has 0 amide bonds. The van der Waals surface area contributed by atoms with Gasteiger partial charge in [-0.25, -0.2) is 0 Å². The molecule has 6 heteroatoms. The predicted molar refractivity (Wildman–Crippen MR) is 76.9 cm³/mol. The Kier molecular flexibility index (Phi) is 23.2. The van der Waals surface area contributed by atoms with E-state index >= 15 is 0 Å². The Morgan fingerprint density at radius 2 is 1.00 bits per heavy atom. The molecule has 0 aliphatic rings. The Balaban J connectivity index is -0.000000223. The van der Waals surface area contributed by atoms with Crippen molar-refractivity contribution in [3.8, 4) is 0 Å². The molecule has 120 valence electrons. The molecule has 0 aliphatic carbocycles. The van der Waals surface area contributed by atoms with Crippen LogP contribution in [0.4, 0.5) is 0 Å². The standard InChI is InChI=1S/C6H12O2.C5H10O2.C3H6O2/c1-2-3-4-5-6(7)8;1-2-3-4-5(6)7;1-2-3(4)5/h2-5H2,1H3,(H,7,8);2-4H2,1H3,(H,6,7);2H2,1H3,(H,4,5). The maximum Gasteiger partial charge on any atom is 0.303 e. The molecule has 0 saturated heterocycles. The third-order valence-corrected chi connectivity index (χ3v) is 2.04. The molecule has 0 aromatic carbocycles. The zero-order valence-electron chi connectivity index (χ0n) is 12.7. The molecule has 6 nitrogen and oxygen atoms in total. The Hall–Kier alpha value is -1.59. The lowest BCUT2D eigenvalue weighted by molar-refractivity contribution is -0.138. The summed E-state index contributed by atoms with van der Waals surface area (Å²) in [6.45, 7) is 5.63. The molecule has 20 heavy (non-hydrogen) atoms. The average Bonchev–Trinajstić information content (AvgIpc) is 2.37. The summed E-state index contributed by atoms with van der Waals surface area (Å²) in [5.74, 6) is -2.12. The lowest BCUT2D eigenvalue weighted by Gasteiger charge is -1.89. The van der Waals surface area contributed by atoms with Crippen LogP contribution in [0, 0.1) is 0 Å². The summed E-state index contributed by atoms with van der Waals surface area (Å²) in [4.78, 5) is 29.0. The van der Waals surface area contributed by atoms with E-state index in [2.05, 4.69) is 6.92 Å². The summed E-state index contributed by atoms with van der Waals surface area (Å²) in [5, 5.41) is 23.9. The molecule has 0 unspecified atom stereocenters. The first-order chi connectivity index (χ1) is 9.31. The van der Waals surface area contributed by atoms with E-state index in [4.69, 9.17) is 15.3 Å². The average molecular weight is 292 g/mol. The monoisotopic (exact) mass is 292 g/mol. The number of aliphatic carboxylic acids is 3. The minimum absolute atomic E-state index is 0.222. The summed E-state index contributed by atoms with van der Waals surface area (Å²) < 4.78 is 0. The van der Waals surface area contributed by atoms with E-state index in [1.807, 2.05) is 6.92 Å². The van der Waals surface area contributed by atoms with Crippen molar-refractivity contribution < 1.29 is 29.7 Å². The number of hydrogen-bond acceptors (Lipinski definition) is 3. The molecule has 0 atom stereocenters. The second kappa shape index (κ2) is 19.7. The van der Waals surface area contributed by atoms with Crippen molar-refractivity contribution in [1.29, 1.82) is 0 Å². The van der Waals surface area contributed by atoms with Crippen molar-refractivity contribution in [2.24, 2.45) is 0 Å². The van der Waals surface area contributed by atoms with Gasteiger partial charge >= 0.3 is 17.9 Å². The normalized spacial score (nSPS) is 8.55. The maximum absolute atomic E-state index is 9.87. The van der Waals surface area contributed by atoms with Gasteiger partial charge in [-0.1, -0.05) is 40.0 Å². The minimum atomic E-state index is -0.745. The van der Waals surface area contributed by atoms with Crippen LogP contribution >= 0.6 is 0 Å². The Labute approximate surface area is 120 Å². The summed E-state index contributed by atoms with van der Waals surface area (Å²) in [5.41, 5.74) is 0. The Morgan fingerprint density at radius 3 is 1.20 bits per heavy atom. The molecule has 0 fully saturated rings. The van der Waals surface area contributed by atoms with Crippen LogP contribution in [0.15, 0.2) is 0 Å². The van der Waals surface area contributed by atoms with E-state index in [-0.39, 0.29) is 6.42 Å². The molecule has 0 rings (SSSR count). The van der Waals surface area contributed by atoms with Crippen molar-refractivity contribution in [1.82, 2.24) is 0 Å². The SMILES string of the molecule is CCC(=O)O.CCCCC(=O)O.CCCCCC(=O)O. The van der Waals surface area contributed by atoms with E-state index in [0.717, 1.165) is 32.1 Å². The number of hydrogen-bond donors (Lipinski definition) is 3. The van der Waals surface area contributed by atoms with E-state index in [1.54, 1.807) is 6.92 Å². The summed E-state index contributed by atoms with van der Waals surface area (Å²) in [6, 6.07) is 0. The fraction of sp³-hybridized carbons (Fsp3) is 0.786. The van der Waals surface area contributed by atoms with Gasteiger partial charge in [0.25, 0.3) is 0 Å². The third-order valence-electron chi connectivity index (χ3n) is 2.04. The van der Waals surface area contributed by atoms with Crippen molar-refractivity contribution in [3.63, 3.8) is 0 Å². The van der Waals surface area contributed by atoms with Gasteiger partial charge in [-0.3, -0.25) is 14.4 Å². The van der Waals surface area contributed by atoms with Crippen molar-refractivity contribution >= 4 is 17.9 Å². The van der Waals surface area contributed by atoms with Crippen LogP contribution in [0.3, 0.4) is 0 Å². The van der Waals surface area contributed by atoms with Crippen LogP contribution in [0.25, 0.3) is 0 Å². The predicted octanol–water partition coefficient (Wildman–Crippen LogP) is 3.39. The first-order valence-electron chi connectivity index (χ1n) is 6.97. The lowest BCUT2D eigenvalue weighted by Crippen LogP contribution is -1.92. The minimum Gasteiger partial charge on any atom is -0.481 e. The molecule has 0 aromatic rings. The van der Waals surface area contributed by atoms with Crippen molar-refractivity contribution in [2.75, 3.05) is 0 Å². The summed E-state index contributed by atoms with van der Waals surface area (Å²) in [7, 11) is 0. The Bertz CT molecular complexity index is 250. The molecular formula is C14H28O6. The van der Waals surface area contributed by atoms with Crippen LogP contribution in [0.2, 0.25) is 0 Å². The summed E-state index contributed by atoms with van der Waals surface area (Å²) >= 11 is 0. The van der Waals surface area contributed by atoms with Gasteiger partial charge in [-0.05, 0) is 12.8 Å². The van der Waals surface area contributed by atoms with Crippen molar-refractivity contribution in [2.45, 2.75) is 72.1 Å². The highest BCUT2D eigenvalue weighted by molar-refractivity contribution is 5.66. The van der Waals surface area contributed by atoms with Gasteiger partial charge in [0.1, 0.15) is 0 Å². The van der Waals surface area contributed by atoms with Crippen LogP contribution in [-0.2, 0) is 14.4 Å². The topological polar surface area (TPSA) is 112 Å². The quantitative estimate of drug-likeness (QED) is 0.591. The second-order valence-electron chi connectivity index (χ2n) is 4.10. The van der Waals surface area contributed by atoms with Gasteiger partial charge in [0.15, 0.2) is 0 Å². The van der Waals surface area contributed by atoms with Gasteiger partial charge < -0.3 is 15.3 Å². The van der Waals surface area contributed by atoms with E-state index < -0.39 is 17.9 Å². The summed E-state index contributed by atoms with van der Waals surface area (Å²) in [6.07, 6.45) is 5.58. The zero-order chi connectivity index (χ0) is 16.4. The molecule has 0 heterocycles. The van der Waals surface area contributed by atoms with Crippen LogP contribution in [0.1, 0.15) is 72.1 Å². The highest BCUT2D eigenvalue weighted by Crippen LogP contribution is 1.97. The number of carbonyl (C=O) groups is 3. The van der Waals surface area contributed by atoms with Crippen molar-refractivity contribution in [3.05, 3.63) is 0 Å². The molecule has 0 radical (unpaired) electrons. The van der Waals surface area contributed by atoms with Gasteiger partial charge in [-0.15, -0.1) is 0 Å². The van der Waals surface area contributed by atoms with E-state index in [0.29, 0.717) is 12.8 Å². The fourth-order valence-corrected chi connectivity index (χ4v) is 0.854. The number of unbranched alkanes of at least 4 members (excludes halogenated alkanes) is 3. The molecule has 0 aliphatic heterocycles. The smallest absolute Gasteiger partial charge is 0.303 e. The molecule has 3 N–H and O–H groups in total. The fourth-order valence-electron chi connectivity index (χ4n) is 0.854. The number of rotatable bonds is 8. The van der Waals surface area contributed by atoms with Gasteiger partial charge in [0, 0.05) is 19.3 Å². The van der Waals surface area contributed by atoms with Crippen LogP contribution < -0.4 is 0 Å². The number of carboxylic acids is 3. The largest absolute Gasteiger partial charge is 0.481 e. The van der Waals surface area contributed by atoms with Gasteiger partial charge in [0.05, 0.1) is 0 Å². The zero-order valence-corrected chi connectivity index (χ0v) is 12.7. The molecular weight excluding hydrogens is 264 g/mol. The first kappa shape index (κ1) is 23.5. The highest BCUT2D eigenvalue weighted by Gasteiger charge is 1.92. The lowest BCUT2D eigenvalue weighted by atomic mass is 10.2. The van der Waals surface area contributed by atoms with E-state index in [9.17, 15) is 14.4 Å². The highest BCUT2D eigenvalue weighted by atomic mass is 16.4. The van der Waals surface area contributed by atoms with Gasteiger partial charge in [0.2, 0.25) is 0 Å². The third kappa shape index (κ3) is 44.0. The van der Waals surface area contributed by atoms with Gasteiger partial charge in [-0.2, -0.15) is 0 Å². The number of carboxylic acid groups (broad SMARTS) is 3. The maximum atomic E-state index is 9.87. The second-order valence-corrected chi connectivity index (χ2v) is 4.10. The molecule has 0 bridgehead atoms. The Morgan fingerprint density at radius 1 is 0.650 bits per heavy atom. The van der Waals surface area contributed by atoms with E-state index in [1.165, 1.54) is 0 Å². The first-order valence-corrected chi connectivity index (χ1v) is 6.97. The molecule has 0 spiro atoms.